The topological polar surface area (TPSA) is 45.2 Å². The summed E-state index contributed by atoms with van der Waals surface area (Å²) in [7, 11) is 0. The largest absolute Gasteiger partial charge is 0.313 e. The third-order valence-electron chi connectivity index (χ3n) is 6.31. The maximum absolute atomic E-state index is 14.3. The predicted octanol–water partition coefficient (Wildman–Crippen LogP) is 7.11. The Hall–Kier alpha value is -3.46. The van der Waals surface area contributed by atoms with Gasteiger partial charge in [0.15, 0.2) is 0 Å². The number of hydrogen-bond acceptors (Lipinski definition) is 5. The van der Waals surface area contributed by atoms with Gasteiger partial charge in [-0.2, -0.15) is 0 Å². The molecule has 0 unspecified atom stereocenters. The lowest BCUT2D eigenvalue weighted by Crippen LogP contribution is -2.29. The van der Waals surface area contributed by atoms with E-state index in [0.717, 1.165) is 69.4 Å². The number of para-hydroxylation sites is 1. The van der Waals surface area contributed by atoms with Gasteiger partial charge in [-0.25, -0.2) is 13.8 Å². The molecule has 0 fully saturated rings. The maximum Gasteiger partial charge on any atom is 0.262 e. The second-order valence-corrected chi connectivity index (χ2v) is 10.8. The minimum atomic E-state index is -0.885. The molecule has 180 valence electrons. The number of rotatable bonds is 5. The molecule has 1 N–H and O–H groups in total. The zero-order chi connectivity index (χ0) is 24.6. The van der Waals surface area contributed by atoms with Crippen LogP contribution in [0, 0.1) is 11.6 Å². The van der Waals surface area contributed by atoms with E-state index in [2.05, 4.69) is 22.3 Å². The second kappa shape index (κ2) is 9.54. The molecule has 0 aliphatic carbocycles. The van der Waals surface area contributed by atoms with Gasteiger partial charge in [-0.3, -0.25) is 9.69 Å². The van der Waals surface area contributed by atoms with Gasteiger partial charge < -0.3 is 5.32 Å². The first-order chi connectivity index (χ1) is 17.6. The van der Waals surface area contributed by atoms with Crippen molar-refractivity contribution in [2.24, 2.45) is 0 Å². The Morgan fingerprint density at radius 1 is 0.944 bits per heavy atom. The van der Waals surface area contributed by atoms with Gasteiger partial charge in [0.05, 0.1) is 10.2 Å². The van der Waals surface area contributed by atoms with E-state index < -0.39 is 23.1 Å². The fourth-order valence-corrected chi connectivity index (χ4v) is 7.00. The van der Waals surface area contributed by atoms with Crippen LogP contribution in [0.15, 0.2) is 72.8 Å². The van der Waals surface area contributed by atoms with Crippen molar-refractivity contribution in [2.75, 3.05) is 11.9 Å². The van der Waals surface area contributed by atoms with E-state index >= 15 is 0 Å². The van der Waals surface area contributed by atoms with Gasteiger partial charge in [0.1, 0.15) is 27.2 Å². The smallest absolute Gasteiger partial charge is 0.262 e. The summed E-state index contributed by atoms with van der Waals surface area (Å²) in [5.41, 5.74) is 3.56. The Morgan fingerprint density at radius 2 is 1.69 bits per heavy atom. The van der Waals surface area contributed by atoms with Crippen molar-refractivity contribution in [3.05, 3.63) is 106 Å². The van der Waals surface area contributed by atoms with Crippen LogP contribution in [0.25, 0.3) is 20.8 Å². The number of thiazole rings is 1. The van der Waals surface area contributed by atoms with E-state index in [4.69, 9.17) is 4.98 Å². The van der Waals surface area contributed by atoms with Crippen LogP contribution in [0.2, 0.25) is 0 Å². The highest BCUT2D eigenvalue weighted by atomic mass is 32.1. The van der Waals surface area contributed by atoms with Gasteiger partial charge >= 0.3 is 0 Å². The number of fused-ring (bicyclic) bond motifs is 2. The van der Waals surface area contributed by atoms with Crippen LogP contribution in [0.1, 0.15) is 26.4 Å². The Labute approximate surface area is 214 Å². The lowest BCUT2D eigenvalue weighted by Gasteiger charge is -2.27. The van der Waals surface area contributed by atoms with Gasteiger partial charge in [-0.15, -0.1) is 22.7 Å². The van der Waals surface area contributed by atoms with E-state index in [0.29, 0.717) is 5.00 Å². The third kappa shape index (κ3) is 4.32. The third-order valence-corrected chi connectivity index (χ3v) is 8.50. The fraction of sp³-hybridized carbons (Fsp3) is 0.143. The number of nitrogens with one attached hydrogen (secondary N) is 1. The fourth-order valence-electron chi connectivity index (χ4n) is 4.61. The minimum Gasteiger partial charge on any atom is -0.313 e. The van der Waals surface area contributed by atoms with Crippen LogP contribution >= 0.6 is 22.7 Å². The summed E-state index contributed by atoms with van der Waals surface area (Å²) < 4.78 is 29.7. The minimum absolute atomic E-state index is 0.577. The van der Waals surface area contributed by atoms with Gasteiger partial charge in [0.2, 0.25) is 0 Å². The summed E-state index contributed by atoms with van der Waals surface area (Å²) in [5, 5.41) is 4.20. The Kier molecular flexibility index (Phi) is 6.08. The monoisotopic (exact) mass is 517 g/mol. The molecule has 0 spiro atoms. The van der Waals surface area contributed by atoms with Crippen molar-refractivity contribution in [2.45, 2.75) is 19.5 Å². The summed E-state index contributed by atoms with van der Waals surface area (Å²) in [4.78, 5) is 21.4. The number of amides is 1. The van der Waals surface area contributed by atoms with Crippen molar-refractivity contribution in [3.63, 3.8) is 0 Å². The Balaban J connectivity index is 1.39. The van der Waals surface area contributed by atoms with Crippen molar-refractivity contribution >= 4 is 43.8 Å². The van der Waals surface area contributed by atoms with Crippen LogP contribution < -0.4 is 5.32 Å². The molecule has 0 saturated carbocycles. The summed E-state index contributed by atoms with van der Waals surface area (Å²) in [5.74, 6) is -2.57. The standard InChI is InChI=1S/C28H21F2N3OS2/c29-19-9-6-10-20(30)25(19)26(34)32-28-24(27-31-21-11-4-5-12-22(21)35-27)18-13-14-33(16-23(18)36-28)15-17-7-2-1-3-8-17/h1-12H,13-16H2,(H,32,34). The number of aromatic nitrogens is 1. The molecular weight excluding hydrogens is 496 g/mol. The molecule has 0 atom stereocenters. The molecule has 1 aliphatic rings. The highest BCUT2D eigenvalue weighted by Crippen LogP contribution is 2.46. The number of benzene rings is 3. The van der Waals surface area contributed by atoms with E-state index in [9.17, 15) is 13.6 Å². The Bertz CT molecular complexity index is 1530. The lowest BCUT2D eigenvalue weighted by molar-refractivity contribution is 0.101. The number of halogens is 2. The van der Waals surface area contributed by atoms with Crippen molar-refractivity contribution < 1.29 is 13.6 Å². The predicted molar refractivity (Wildman–Crippen MR) is 142 cm³/mol. The average molecular weight is 518 g/mol. The van der Waals surface area contributed by atoms with Crippen LogP contribution in [0.3, 0.4) is 0 Å². The first-order valence-electron chi connectivity index (χ1n) is 11.6. The summed E-state index contributed by atoms with van der Waals surface area (Å²) in [6.45, 7) is 2.43. The van der Waals surface area contributed by atoms with E-state index in [1.165, 1.54) is 23.0 Å². The molecule has 0 bridgehead atoms. The molecule has 5 aromatic rings. The zero-order valence-corrected chi connectivity index (χ0v) is 20.8. The maximum atomic E-state index is 14.3. The van der Waals surface area contributed by atoms with Crippen molar-refractivity contribution in [1.82, 2.24) is 9.88 Å². The van der Waals surface area contributed by atoms with Gasteiger partial charge in [0, 0.05) is 30.1 Å². The average Bonchev–Trinajstić information content (AvgIpc) is 3.45. The molecule has 8 heteroatoms. The number of thiophene rings is 1. The molecule has 4 nitrogen and oxygen atoms in total. The van der Waals surface area contributed by atoms with Crippen LogP contribution in [-0.4, -0.2) is 22.3 Å². The van der Waals surface area contributed by atoms with Crippen molar-refractivity contribution in [1.29, 1.82) is 0 Å². The molecule has 6 rings (SSSR count). The SMILES string of the molecule is O=C(Nc1sc2c(c1-c1nc3ccccc3s1)CCN(Cc1ccccc1)C2)c1c(F)cccc1F. The first-order valence-corrected chi connectivity index (χ1v) is 13.2. The molecule has 0 radical (unpaired) electrons. The zero-order valence-electron chi connectivity index (χ0n) is 19.1. The molecule has 2 aromatic heterocycles. The normalized spacial score (nSPS) is 13.6. The molecule has 3 heterocycles. The molecular formula is C28H21F2N3OS2. The van der Waals surface area contributed by atoms with Crippen LogP contribution in [0.4, 0.5) is 13.8 Å². The highest BCUT2D eigenvalue weighted by molar-refractivity contribution is 7.23. The quantitative estimate of drug-likeness (QED) is 0.270. The number of carbonyl (C=O) groups is 1. The molecule has 3 aromatic carbocycles. The summed E-state index contributed by atoms with van der Waals surface area (Å²) >= 11 is 3.02. The Morgan fingerprint density at radius 3 is 2.47 bits per heavy atom. The number of hydrogen-bond donors (Lipinski definition) is 1. The number of nitrogens with zero attached hydrogens (tertiary/aromatic N) is 2. The van der Waals surface area contributed by atoms with Crippen LogP contribution in [-0.2, 0) is 19.5 Å². The van der Waals surface area contributed by atoms with Gasteiger partial charge in [-0.1, -0.05) is 48.5 Å². The van der Waals surface area contributed by atoms with Gasteiger partial charge in [0.25, 0.3) is 5.91 Å². The summed E-state index contributed by atoms with van der Waals surface area (Å²) in [6.07, 6.45) is 0.799. The molecule has 0 saturated heterocycles. The van der Waals surface area contributed by atoms with Crippen molar-refractivity contribution in [3.8, 4) is 10.6 Å². The van der Waals surface area contributed by atoms with Gasteiger partial charge in [-0.05, 0) is 41.8 Å². The number of carbonyl (C=O) groups excluding carboxylic acids is 1. The molecule has 36 heavy (non-hydrogen) atoms. The van der Waals surface area contributed by atoms with E-state index in [1.807, 2.05) is 42.5 Å². The summed E-state index contributed by atoms with van der Waals surface area (Å²) in [6, 6.07) is 21.6. The second-order valence-electron chi connectivity index (χ2n) is 8.69. The van der Waals surface area contributed by atoms with Crippen LogP contribution in [0.5, 0.6) is 0 Å². The lowest BCUT2D eigenvalue weighted by atomic mass is 10.0. The first kappa shape index (κ1) is 23.0. The van der Waals surface area contributed by atoms with E-state index in [-0.39, 0.29) is 0 Å². The highest BCUT2D eigenvalue weighted by Gasteiger charge is 2.29. The molecule has 1 aliphatic heterocycles. The van der Waals surface area contributed by atoms with E-state index in [1.54, 1.807) is 11.3 Å². The number of anilines is 1. The molecule has 1 amide bonds.